The Kier molecular flexibility index (Phi) is 5.57. The number of carbonyl (C=O) groups is 1. The number of hydrogen-bond acceptors (Lipinski definition) is 3. The quantitative estimate of drug-likeness (QED) is 0.516. The zero-order chi connectivity index (χ0) is 12.8. The van der Waals surface area contributed by atoms with E-state index in [-0.39, 0.29) is 12.2 Å². The number of benzene rings is 1. The van der Waals surface area contributed by atoms with Gasteiger partial charge in [0.05, 0.1) is 12.2 Å². The molecule has 0 aliphatic rings. The van der Waals surface area contributed by atoms with Gasteiger partial charge in [0, 0.05) is 0 Å². The maximum Gasteiger partial charge on any atom is 0.337 e. The van der Waals surface area contributed by atoms with Gasteiger partial charge in [-0.15, -0.1) is 0 Å². The number of rotatable bonds is 4. The highest BCUT2D eigenvalue weighted by Crippen LogP contribution is 2.24. The Labute approximate surface area is 112 Å². The van der Waals surface area contributed by atoms with Gasteiger partial charge in [-0.2, -0.15) is 0 Å². The third-order valence-electron chi connectivity index (χ3n) is 2.11. The van der Waals surface area contributed by atoms with Crippen molar-refractivity contribution in [2.75, 3.05) is 6.61 Å². The molecule has 0 saturated heterocycles. The van der Waals surface area contributed by atoms with Gasteiger partial charge in [-0.1, -0.05) is 34.7 Å². The fourth-order valence-corrected chi connectivity index (χ4v) is 1.85. The maximum absolute atomic E-state index is 12.7. The SMILES string of the molecule is CCOC(=O)/C(=C\I)[C@@H](O)c1ccc(F)cc1. The summed E-state index contributed by atoms with van der Waals surface area (Å²) in [5.41, 5.74) is 0.585. The van der Waals surface area contributed by atoms with Crippen molar-refractivity contribution >= 4 is 28.6 Å². The van der Waals surface area contributed by atoms with Gasteiger partial charge in [-0.25, -0.2) is 9.18 Å². The van der Waals surface area contributed by atoms with Crippen LogP contribution in [0.3, 0.4) is 0 Å². The molecule has 0 saturated carbocycles. The van der Waals surface area contributed by atoms with E-state index < -0.39 is 17.9 Å². The van der Waals surface area contributed by atoms with Crippen molar-refractivity contribution in [2.24, 2.45) is 0 Å². The molecule has 0 fully saturated rings. The minimum Gasteiger partial charge on any atom is -0.463 e. The Morgan fingerprint density at radius 1 is 1.53 bits per heavy atom. The fourth-order valence-electron chi connectivity index (χ4n) is 1.25. The van der Waals surface area contributed by atoms with Crippen LogP contribution in [0.15, 0.2) is 33.9 Å². The van der Waals surface area contributed by atoms with Gasteiger partial charge >= 0.3 is 5.97 Å². The van der Waals surface area contributed by atoms with Crippen molar-refractivity contribution in [3.05, 3.63) is 45.3 Å². The molecule has 1 N–H and O–H groups in total. The molecule has 1 aromatic rings. The molecule has 1 atom stereocenters. The standard InChI is InChI=1S/C12H12FIO3/c1-2-17-12(16)10(7-14)11(15)8-3-5-9(13)6-4-8/h3-7,11,15H,2H2,1H3/b10-7-/t11-/m0/s1. The predicted octanol–water partition coefficient (Wildman–Crippen LogP) is 2.74. The van der Waals surface area contributed by atoms with Crippen LogP contribution in [0.4, 0.5) is 4.39 Å². The lowest BCUT2D eigenvalue weighted by Gasteiger charge is -2.13. The summed E-state index contributed by atoms with van der Waals surface area (Å²) in [6.45, 7) is 1.93. The third kappa shape index (κ3) is 3.78. The van der Waals surface area contributed by atoms with Gasteiger partial charge in [0.15, 0.2) is 0 Å². The highest BCUT2D eigenvalue weighted by Gasteiger charge is 2.21. The molecular formula is C12H12FIO3. The number of hydrogen-bond donors (Lipinski definition) is 1. The summed E-state index contributed by atoms with van der Waals surface area (Å²) in [4.78, 5) is 11.5. The van der Waals surface area contributed by atoms with E-state index in [9.17, 15) is 14.3 Å². The van der Waals surface area contributed by atoms with E-state index in [2.05, 4.69) is 0 Å². The van der Waals surface area contributed by atoms with E-state index in [0.717, 1.165) is 0 Å². The number of aliphatic hydroxyl groups excluding tert-OH is 1. The van der Waals surface area contributed by atoms with Crippen LogP contribution in [0, 0.1) is 5.82 Å². The van der Waals surface area contributed by atoms with Crippen LogP contribution in [0.5, 0.6) is 0 Å². The summed E-state index contributed by atoms with van der Waals surface area (Å²) >= 11 is 1.86. The van der Waals surface area contributed by atoms with Crippen LogP contribution in [0.2, 0.25) is 0 Å². The average molecular weight is 350 g/mol. The van der Waals surface area contributed by atoms with Gasteiger partial charge in [0.1, 0.15) is 11.9 Å². The Balaban J connectivity index is 2.90. The highest BCUT2D eigenvalue weighted by atomic mass is 127. The largest absolute Gasteiger partial charge is 0.463 e. The van der Waals surface area contributed by atoms with E-state index in [1.807, 2.05) is 22.6 Å². The molecule has 0 aliphatic carbocycles. The van der Waals surface area contributed by atoms with E-state index in [1.54, 1.807) is 6.92 Å². The summed E-state index contributed by atoms with van der Waals surface area (Å²) in [6.07, 6.45) is -1.11. The monoisotopic (exact) mass is 350 g/mol. The summed E-state index contributed by atoms with van der Waals surface area (Å²) in [7, 11) is 0. The summed E-state index contributed by atoms with van der Waals surface area (Å²) < 4.78 is 19.0. The Morgan fingerprint density at radius 2 is 2.12 bits per heavy atom. The van der Waals surface area contributed by atoms with Gasteiger partial charge in [0.2, 0.25) is 0 Å². The molecule has 92 valence electrons. The number of halogens is 2. The number of esters is 1. The summed E-state index contributed by atoms with van der Waals surface area (Å²) in [5.74, 6) is -0.962. The molecule has 1 rings (SSSR count). The second-order valence-electron chi connectivity index (χ2n) is 3.24. The van der Waals surface area contributed by atoms with Crippen LogP contribution in [-0.4, -0.2) is 17.7 Å². The highest BCUT2D eigenvalue weighted by molar-refractivity contribution is 14.1. The average Bonchev–Trinajstić information content (AvgIpc) is 2.31. The predicted molar refractivity (Wildman–Crippen MR) is 70.1 cm³/mol. The number of aliphatic hydroxyl groups is 1. The fraction of sp³-hybridized carbons (Fsp3) is 0.250. The lowest BCUT2D eigenvalue weighted by Crippen LogP contribution is -2.14. The molecule has 0 radical (unpaired) electrons. The van der Waals surface area contributed by atoms with Gasteiger partial charge < -0.3 is 9.84 Å². The smallest absolute Gasteiger partial charge is 0.337 e. The van der Waals surface area contributed by atoms with Crippen molar-refractivity contribution in [3.63, 3.8) is 0 Å². The van der Waals surface area contributed by atoms with Crippen LogP contribution >= 0.6 is 22.6 Å². The zero-order valence-electron chi connectivity index (χ0n) is 9.19. The molecule has 0 unspecified atom stereocenters. The van der Waals surface area contributed by atoms with E-state index in [0.29, 0.717) is 5.56 Å². The third-order valence-corrected chi connectivity index (χ3v) is 2.78. The van der Waals surface area contributed by atoms with Crippen molar-refractivity contribution in [1.29, 1.82) is 0 Å². The first-order valence-corrected chi connectivity index (χ1v) is 6.25. The summed E-state index contributed by atoms with van der Waals surface area (Å²) in [6, 6.07) is 5.32. The number of carbonyl (C=O) groups excluding carboxylic acids is 1. The topological polar surface area (TPSA) is 46.5 Å². The first kappa shape index (κ1) is 14.1. The normalized spacial score (nSPS) is 13.3. The molecule has 0 aliphatic heterocycles. The molecule has 17 heavy (non-hydrogen) atoms. The lowest BCUT2D eigenvalue weighted by atomic mass is 10.0. The molecular weight excluding hydrogens is 338 g/mol. The summed E-state index contributed by atoms with van der Waals surface area (Å²) in [5, 5.41) is 9.97. The van der Waals surface area contributed by atoms with E-state index in [1.165, 1.54) is 28.3 Å². The van der Waals surface area contributed by atoms with Crippen molar-refractivity contribution in [1.82, 2.24) is 0 Å². The minimum atomic E-state index is -1.11. The van der Waals surface area contributed by atoms with Crippen LogP contribution in [0.1, 0.15) is 18.6 Å². The Hall–Kier alpha value is -0.950. The molecule has 5 heteroatoms. The number of ether oxygens (including phenoxy) is 1. The Morgan fingerprint density at radius 3 is 2.59 bits per heavy atom. The van der Waals surface area contributed by atoms with Crippen LogP contribution < -0.4 is 0 Å². The Bertz CT molecular complexity index is 414. The second-order valence-corrected chi connectivity index (χ2v) is 3.86. The zero-order valence-corrected chi connectivity index (χ0v) is 11.3. The van der Waals surface area contributed by atoms with Crippen LogP contribution in [-0.2, 0) is 9.53 Å². The molecule has 3 nitrogen and oxygen atoms in total. The second kappa shape index (κ2) is 6.70. The van der Waals surface area contributed by atoms with Crippen LogP contribution in [0.25, 0.3) is 0 Å². The molecule has 1 aromatic carbocycles. The first-order chi connectivity index (χ1) is 8.10. The molecule has 0 spiro atoms. The molecule has 0 heterocycles. The molecule has 0 bridgehead atoms. The first-order valence-electron chi connectivity index (χ1n) is 5.01. The lowest BCUT2D eigenvalue weighted by molar-refractivity contribution is -0.139. The van der Waals surface area contributed by atoms with Crippen molar-refractivity contribution < 1.29 is 19.0 Å². The molecule has 0 amide bonds. The van der Waals surface area contributed by atoms with E-state index >= 15 is 0 Å². The molecule has 0 aromatic heterocycles. The minimum absolute atomic E-state index is 0.138. The van der Waals surface area contributed by atoms with E-state index in [4.69, 9.17) is 4.74 Å². The van der Waals surface area contributed by atoms with Gasteiger partial charge in [-0.05, 0) is 28.7 Å². The van der Waals surface area contributed by atoms with Gasteiger partial charge in [-0.3, -0.25) is 0 Å². The van der Waals surface area contributed by atoms with Crippen molar-refractivity contribution in [2.45, 2.75) is 13.0 Å². The van der Waals surface area contributed by atoms with Crippen molar-refractivity contribution in [3.8, 4) is 0 Å². The van der Waals surface area contributed by atoms with Gasteiger partial charge in [0.25, 0.3) is 0 Å². The maximum atomic E-state index is 12.7.